The topological polar surface area (TPSA) is 53.7 Å². The molecule has 1 amide bonds. The Morgan fingerprint density at radius 3 is 2.44 bits per heavy atom. The van der Waals surface area contributed by atoms with Crippen LogP contribution >= 0.6 is 11.6 Å². The summed E-state index contributed by atoms with van der Waals surface area (Å²) < 4.78 is 14.8. The van der Waals surface area contributed by atoms with E-state index >= 15 is 0 Å². The van der Waals surface area contributed by atoms with Crippen molar-refractivity contribution in [2.45, 2.75) is 0 Å². The fourth-order valence-electron chi connectivity index (χ4n) is 2.95. The lowest BCUT2D eigenvalue weighted by atomic mass is 10.2. The maximum Gasteiger partial charge on any atom is 0.253 e. The van der Waals surface area contributed by atoms with Crippen LogP contribution in [-0.2, 0) is 0 Å². The van der Waals surface area contributed by atoms with Gasteiger partial charge in [0.25, 0.3) is 5.91 Å². The van der Waals surface area contributed by atoms with Crippen LogP contribution in [0.3, 0.4) is 0 Å². The number of benzene rings is 1. The number of piperazine rings is 1. The number of carbonyl (C=O) groups is 1. The summed E-state index contributed by atoms with van der Waals surface area (Å²) >= 11 is 6.06. The van der Waals surface area contributed by atoms with Crippen LogP contribution in [-0.4, -0.2) is 51.6 Å². The number of amides is 1. The Hall–Kier alpha value is -2.67. The first kappa shape index (κ1) is 15.8. The quantitative estimate of drug-likeness (QED) is 0.705. The van der Waals surface area contributed by atoms with Crippen LogP contribution in [0.15, 0.2) is 42.6 Å². The second kappa shape index (κ2) is 6.33. The third-order valence-electron chi connectivity index (χ3n) is 4.29. The summed E-state index contributed by atoms with van der Waals surface area (Å²) in [4.78, 5) is 16.3. The van der Waals surface area contributed by atoms with Crippen molar-refractivity contribution in [2.24, 2.45) is 0 Å². The van der Waals surface area contributed by atoms with E-state index in [0.29, 0.717) is 42.7 Å². The first-order chi connectivity index (χ1) is 12.1. The molecule has 0 unspecified atom stereocenters. The minimum absolute atomic E-state index is 0.0891. The van der Waals surface area contributed by atoms with Crippen LogP contribution < -0.4 is 4.90 Å². The Kier molecular flexibility index (Phi) is 4.01. The van der Waals surface area contributed by atoms with Gasteiger partial charge in [0, 0.05) is 37.9 Å². The van der Waals surface area contributed by atoms with Gasteiger partial charge in [-0.3, -0.25) is 9.20 Å². The van der Waals surface area contributed by atoms with E-state index in [9.17, 15) is 9.18 Å². The van der Waals surface area contributed by atoms with Gasteiger partial charge in [-0.15, -0.1) is 10.2 Å². The molecule has 1 aliphatic rings. The van der Waals surface area contributed by atoms with Gasteiger partial charge >= 0.3 is 0 Å². The zero-order chi connectivity index (χ0) is 17.4. The van der Waals surface area contributed by atoms with Crippen molar-refractivity contribution < 1.29 is 9.18 Å². The van der Waals surface area contributed by atoms with Crippen molar-refractivity contribution in [3.05, 3.63) is 59.0 Å². The highest BCUT2D eigenvalue weighted by Gasteiger charge is 2.24. The lowest BCUT2D eigenvalue weighted by molar-refractivity contribution is 0.0746. The summed E-state index contributed by atoms with van der Waals surface area (Å²) in [7, 11) is 0. The molecule has 0 atom stereocenters. The Labute approximate surface area is 148 Å². The van der Waals surface area contributed by atoms with Gasteiger partial charge in [-0.25, -0.2) is 4.39 Å². The molecule has 0 radical (unpaired) electrons. The van der Waals surface area contributed by atoms with E-state index in [2.05, 4.69) is 15.1 Å². The van der Waals surface area contributed by atoms with E-state index in [1.54, 1.807) is 17.2 Å². The van der Waals surface area contributed by atoms with Crippen molar-refractivity contribution in [3.63, 3.8) is 0 Å². The van der Waals surface area contributed by atoms with E-state index in [4.69, 9.17) is 11.6 Å². The molecule has 0 bridgehead atoms. The number of carbonyl (C=O) groups excluding carboxylic acids is 1. The summed E-state index contributed by atoms with van der Waals surface area (Å²) in [6.07, 6.45) is 1.78. The lowest BCUT2D eigenvalue weighted by Crippen LogP contribution is -2.49. The first-order valence-electron chi connectivity index (χ1n) is 7.92. The molecule has 6 nitrogen and oxygen atoms in total. The largest absolute Gasteiger partial charge is 0.337 e. The molecule has 3 heterocycles. The molecule has 0 N–H and O–H groups in total. The highest BCUT2D eigenvalue weighted by Crippen LogP contribution is 2.19. The smallest absolute Gasteiger partial charge is 0.253 e. The third-order valence-corrected chi connectivity index (χ3v) is 4.51. The molecule has 3 aromatic rings. The van der Waals surface area contributed by atoms with E-state index in [1.165, 1.54) is 24.3 Å². The van der Waals surface area contributed by atoms with Gasteiger partial charge in [-0.2, -0.15) is 0 Å². The number of rotatable bonds is 2. The van der Waals surface area contributed by atoms with Crippen molar-refractivity contribution in [1.82, 2.24) is 19.5 Å². The van der Waals surface area contributed by atoms with Crippen molar-refractivity contribution in [3.8, 4) is 0 Å². The Morgan fingerprint density at radius 2 is 1.72 bits per heavy atom. The Morgan fingerprint density at radius 1 is 1.00 bits per heavy atom. The predicted octanol–water partition coefficient (Wildman–Crippen LogP) is 2.48. The van der Waals surface area contributed by atoms with Crippen molar-refractivity contribution in [2.75, 3.05) is 31.1 Å². The fourth-order valence-corrected chi connectivity index (χ4v) is 3.11. The monoisotopic (exact) mass is 359 g/mol. The summed E-state index contributed by atoms with van der Waals surface area (Å²) in [5, 5.41) is 8.98. The zero-order valence-corrected chi connectivity index (χ0v) is 14.0. The van der Waals surface area contributed by atoms with Crippen LogP contribution in [0.4, 0.5) is 10.3 Å². The molecule has 2 aromatic heterocycles. The second-order valence-electron chi connectivity index (χ2n) is 5.86. The highest BCUT2D eigenvalue weighted by atomic mass is 35.5. The SMILES string of the molecule is O=C(c1ccc(F)cc1)N1CCN(c2nnc3ccc(Cl)cn23)CC1. The van der Waals surface area contributed by atoms with Gasteiger partial charge in [0.2, 0.25) is 5.95 Å². The standard InChI is InChI=1S/C17H15ClFN5O/c18-13-3-6-15-20-21-17(24(15)11-13)23-9-7-22(8-10-23)16(25)12-1-4-14(19)5-2-12/h1-6,11H,7-10H2. The molecular formula is C17H15ClFN5O. The van der Waals surface area contributed by atoms with E-state index < -0.39 is 0 Å². The van der Waals surface area contributed by atoms with Crippen molar-refractivity contribution in [1.29, 1.82) is 0 Å². The van der Waals surface area contributed by atoms with Crippen LogP contribution in [0.25, 0.3) is 5.65 Å². The first-order valence-corrected chi connectivity index (χ1v) is 8.30. The van der Waals surface area contributed by atoms with Gasteiger partial charge < -0.3 is 9.80 Å². The van der Waals surface area contributed by atoms with Crippen LogP contribution in [0, 0.1) is 5.82 Å². The molecule has 0 aliphatic carbocycles. The van der Waals surface area contributed by atoms with Crippen LogP contribution in [0.5, 0.6) is 0 Å². The lowest BCUT2D eigenvalue weighted by Gasteiger charge is -2.34. The number of hydrogen-bond donors (Lipinski definition) is 0. The molecule has 1 saturated heterocycles. The van der Waals surface area contributed by atoms with Crippen LogP contribution in [0.1, 0.15) is 10.4 Å². The second-order valence-corrected chi connectivity index (χ2v) is 6.30. The minimum Gasteiger partial charge on any atom is -0.337 e. The molecule has 1 aliphatic heterocycles. The maximum absolute atomic E-state index is 13.0. The highest BCUT2D eigenvalue weighted by molar-refractivity contribution is 6.30. The molecule has 1 fully saturated rings. The summed E-state index contributed by atoms with van der Waals surface area (Å²) in [5.41, 5.74) is 1.22. The average molecular weight is 360 g/mol. The number of anilines is 1. The third kappa shape index (κ3) is 3.02. The molecule has 4 rings (SSSR count). The van der Waals surface area contributed by atoms with E-state index in [1.807, 2.05) is 10.5 Å². The number of hydrogen-bond acceptors (Lipinski definition) is 4. The number of nitrogens with zero attached hydrogens (tertiary/aromatic N) is 5. The number of fused-ring (bicyclic) bond motifs is 1. The van der Waals surface area contributed by atoms with E-state index in [-0.39, 0.29) is 11.7 Å². The van der Waals surface area contributed by atoms with Gasteiger partial charge in [-0.05, 0) is 36.4 Å². The summed E-state index contributed by atoms with van der Waals surface area (Å²) in [6.45, 7) is 2.40. The number of halogens is 2. The molecule has 0 spiro atoms. The molecule has 128 valence electrons. The average Bonchev–Trinajstić information content (AvgIpc) is 3.05. The number of aromatic nitrogens is 3. The molecule has 0 saturated carbocycles. The fraction of sp³-hybridized carbons (Fsp3) is 0.235. The summed E-state index contributed by atoms with van der Waals surface area (Å²) in [6, 6.07) is 9.21. The molecule has 25 heavy (non-hydrogen) atoms. The normalized spacial score (nSPS) is 15.0. The van der Waals surface area contributed by atoms with Gasteiger partial charge in [-0.1, -0.05) is 11.6 Å². The van der Waals surface area contributed by atoms with Crippen LogP contribution in [0.2, 0.25) is 5.02 Å². The number of pyridine rings is 1. The van der Waals surface area contributed by atoms with Gasteiger partial charge in [0.05, 0.1) is 5.02 Å². The van der Waals surface area contributed by atoms with Gasteiger partial charge in [0.1, 0.15) is 5.82 Å². The summed E-state index contributed by atoms with van der Waals surface area (Å²) in [5.74, 6) is 0.277. The predicted molar refractivity (Wildman–Crippen MR) is 92.5 cm³/mol. The minimum atomic E-state index is -0.348. The maximum atomic E-state index is 13.0. The van der Waals surface area contributed by atoms with Gasteiger partial charge in [0.15, 0.2) is 5.65 Å². The molecule has 8 heteroatoms. The zero-order valence-electron chi connectivity index (χ0n) is 13.3. The Bertz CT molecular complexity index is 918. The van der Waals surface area contributed by atoms with E-state index in [0.717, 1.165) is 5.65 Å². The Balaban J connectivity index is 1.48. The van der Waals surface area contributed by atoms with Crippen molar-refractivity contribution >= 4 is 29.1 Å². The molecular weight excluding hydrogens is 345 g/mol. The molecule has 1 aromatic carbocycles.